The van der Waals surface area contributed by atoms with Gasteiger partial charge in [-0.15, -0.1) is 0 Å². The highest BCUT2D eigenvalue weighted by Crippen LogP contribution is 2.40. The summed E-state index contributed by atoms with van der Waals surface area (Å²) in [6, 6.07) is -1.08. The van der Waals surface area contributed by atoms with E-state index in [0.29, 0.717) is 26.1 Å². The molecule has 0 aromatic heterocycles. The zero-order valence-corrected chi connectivity index (χ0v) is 40.3. The molecular formula is C45H87N3O14. The fourth-order valence-electron chi connectivity index (χ4n) is 10.2. The largest absolute Gasteiger partial charge is 0.459 e. The van der Waals surface area contributed by atoms with E-state index in [9.17, 15) is 40.5 Å². The van der Waals surface area contributed by atoms with Gasteiger partial charge in [-0.25, -0.2) is 0 Å². The van der Waals surface area contributed by atoms with Crippen molar-refractivity contribution in [1.29, 1.82) is 0 Å². The fraction of sp³-hybridized carbons (Fsp3) is 0.978. The van der Waals surface area contributed by atoms with Crippen LogP contribution in [0.5, 0.6) is 0 Å². The van der Waals surface area contributed by atoms with Crippen LogP contribution < -0.4 is 0 Å². The summed E-state index contributed by atoms with van der Waals surface area (Å²) < 4.78 is 38.0. The van der Waals surface area contributed by atoms with Gasteiger partial charge in [0.05, 0.1) is 54.2 Å². The normalized spacial score (nSPS) is 44.2. The number of ether oxygens (including phenoxy) is 6. The topological polar surface area (TPSA) is 224 Å². The molecule has 62 heavy (non-hydrogen) atoms. The number of cyclic esters (lactones) is 1. The Morgan fingerprint density at radius 3 is 2.16 bits per heavy atom. The minimum Gasteiger partial charge on any atom is -0.459 e. The van der Waals surface area contributed by atoms with Gasteiger partial charge in [-0.2, -0.15) is 0 Å². The van der Waals surface area contributed by atoms with Crippen molar-refractivity contribution in [1.82, 2.24) is 14.7 Å². The number of hydrogen-bond acceptors (Lipinski definition) is 17. The molecular weight excluding hydrogens is 807 g/mol. The number of methoxy groups -OCH3 is 1. The van der Waals surface area contributed by atoms with Gasteiger partial charge in [-0.3, -0.25) is 14.6 Å². The lowest BCUT2D eigenvalue weighted by molar-refractivity contribution is -0.318. The number of nitrogens with zero attached hydrogens (tertiary/aromatic N) is 3. The second kappa shape index (κ2) is 23.5. The number of carbonyl (C=O) groups is 1. The molecule has 366 valence electrons. The third-order valence-corrected chi connectivity index (χ3v) is 14.0. The van der Waals surface area contributed by atoms with Crippen molar-refractivity contribution < 1.29 is 69.0 Å². The Kier molecular flexibility index (Phi) is 21.0. The standard InChI is InChI=1S/C45H87N3O14/c1-15-17-48(18-19-49)25-32(50)24-47(13)33-20-27(4)58-42(36(33)51)62-40-28(5)37(61-35-22-44(10,57-14)39(53)31(8)59-35)29(6)41(54)60-34(16-2)45(11,56)38(52)30(7)46(12)23-26(3)21-43(40,9)55/h26-40,42,49-53,55-56H,15-25H2,1-14H3/t26-,27-,28+,29-,30-,31+,32?,33?,34-,35+,36-,37+,38-,39+,40-,42+,43-,44-,45-/m1/s1. The van der Waals surface area contributed by atoms with Gasteiger partial charge in [-0.05, 0) is 101 Å². The molecule has 3 aliphatic rings. The minimum absolute atomic E-state index is 0.0193. The first-order valence-corrected chi connectivity index (χ1v) is 23.1. The summed E-state index contributed by atoms with van der Waals surface area (Å²) >= 11 is 0. The second-order valence-corrected chi connectivity index (χ2v) is 19.8. The summed E-state index contributed by atoms with van der Waals surface area (Å²) in [4.78, 5) is 20.2. The van der Waals surface area contributed by atoms with Crippen molar-refractivity contribution in [3.8, 4) is 0 Å². The number of aliphatic hydroxyl groups excluding tert-OH is 5. The third kappa shape index (κ3) is 13.7. The summed E-state index contributed by atoms with van der Waals surface area (Å²) in [6.07, 6.45) is -9.17. The monoisotopic (exact) mass is 894 g/mol. The lowest BCUT2D eigenvalue weighted by Crippen LogP contribution is -2.61. The van der Waals surface area contributed by atoms with Crippen LogP contribution in [0.15, 0.2) is 0 Å². The zero-order chi connectivity index (χ0) is 47.1. The lowest BCUT2D eigenvalue weighted by Gasteiger charge is -2.49. The highest BCUT2D eigenvalue weighted by molar-refractivity contribution is 5.73. The Morgan fingerprint density at radius 1 is 0.935 bits per heavy atom. The fourth-order valence-corrected chi connectivity index (χ4v) is 10.2. The van der Waals surface area contributed by atoms with Gasteiger partial charge in [0, 0.05) is 57.7 Å². The van der Waals surface area contributed by atoms with Crippen molar-refractivity contribution in [3.63, 3.8) is 0 Å². The maximum Gasteiger partial charge on any atom is 0.311 e. The predicted molar refractivity (Wildman–Crippen MR) is 233 cm³/mol. The molecule has 3 heterocycles. The molecule has 0 radical (unpaired) electrons. The van der Waals surface area contributed by atoms with Gasteiger partial charge in [0.1, 0.15) is 30.0 Å². The molecule has 19 atom stereocenters. The number of rotatable bonds is 15. The van der Waals surface area contributed by atoms with Crippen LogP contribution in [-0.4, -0.2) is 213 Å². The molecule has 3 rings (SSSR count). The molecule has 0 amide bonds. The van der Waals surface area contributed by atoms with Gasteiger partial charge in [0.2, 0.25) is 0 Å². The summed E-state index contributed by atoms with van der Waals surface area (Å²) in [7, 11) is 5.15. The molecule has 3 saturated heterocycles. The van der Waals surface area contributed by atoms with Gasteiger partial charge in [0.25, 0.3) is 0 Å². The van der Waals surface area contributed by atoms with E-state index >= 15 is 0 Å². The number of aliphatic hydroxyl groups is 7. The number of hydrogen-bond donors (Lipinski definition) is 7. The molecule has 17 heteroatoms. The van der Waals surface area contributed by atoms with E-state index in [1.54, 1.807) is 48.5 Å². The van der Waals surface area contributed by atoms with Crippen molar-refractivity contribution in [2.75, 3.05) is 60.5 Å². The summed E-state index contributed by atoms with van der Waals surface area (Å²) in [6.45, 7) is 21.6. The van der Waals surface area contributed by atoms with Crippen LogP contribution in [0.2, 0.25) is 0 Å². The van der Waals surface area contributed by atoms with Crippen molar-refractivity contribution in [2.24, 2.45) is 17.8 Å². The predicted octanol–water partition coefficient (Wildman–Crippen LogP) is 1.34. The van der Waals surface area contributed by atoms with Crippen LogP contribution in [0.1, 0.15) is 108 Å². The molecule has 0 aliphatic carbocycles. The average molecular weight is 894 g/mol. The molecule has 2 unspecified atom stereocenters. The van der Waals surface area contributed by atoms with E-state index in [-0.39, 0.29) is 38.3 Å². The summed E-state index contributed by atoms with van der Waals surface area (Å²) in [5.74, 6) is -2.81. The Labute approximate surface area is 371 Å². The number of carbonyl (C=O) groups excluding carboxylic acids is 1. The Morgan fingerprint density at radius 2 is 1.58 bits per heavy atom. The molecule has 0 spiro atoms. The van der Waals surface area contributed by atoms with E-state index in [0.717, 1.165) is 13.0 Å². The maximum atomic E-state index is 14.4. The number of esters is 1. The van der Waals surface area contributed by atoms with Crippen LogP contribution in [0, 0.1) is 17.8 Å². The highest BCUT2D eigenvalue weighted by Gasteiger charge is 2.53. The molecule has 0 aromatic carbocycles. The Hall–Kier alpha value is -1.13. The third-order valence-electron chi connectivity index (χ3n) is 14.0. The van der Waals surface area contributed by atoms with Crippen molar-refractivity contribution in [2.45, 2.75) is 205 Å². The zero-order valence-electron chi connectivity index (χ0n) is 40.3. The highest BCUT2D eigenvalue weighted by atomic mass is 16.7. The van der Waals surface area contributed by atoms with E-state index < -0.39 is 114 Å². The van der Waals surface area contributed by atoms with E-state index in [1.807, 2.05) is 49.6 Å². The molecule has 0 saturated carbocycles. The Balaban J connectivity index is 2.11. The molecule has 0 bridgehead atoms. The molecule has 7 N–H and O–H groups in total. The van der Waals surface area contributed by atoms with E-state index in [2.05, 4.69) is 0 Å². The van der Waals surface area contributed by atoms with Crippen LogP contribution in [0.4, 0.5) is 0 Å². The summed E-state index contributed by atoms with van der Waals surface area (Å²) in [5, 5.41) is 79.9. The smallest absolute Gasteiger partial charge is 0.311 e. The minimum atomic E-state index is -1.84. The Bertz CT molecular complexity index is 1340. The van der Waals surface area contributed by atoms with E-state index in [4.69, 9.17) is 28.4 Å². The maximum absolute atomic E-state index is 14.4. The van der Waals surface area contributed by atoms with Crippen LogP contribution in [-0.2, 0) is 33.2 Å². The quantitative estimate of drug-likeness (QED) is 0.115. The van der Waals surface area contributed by atoms with Gasteiger partial charge in [-0.1, -0.05) is 27.7 Å². The van der Waals surface area contributed by atoms with Crippen LogP contribution in [0.25, 0.3) is 0 Å². The molecule has 3 aliphatic heterocycles. The van der Waals surface area contributed by atoms with Crippen LogP contribution >= 0.6 is 0 Å². The number of likely N-dealkylation sites (N-methyl/N-ethyl adjacent to an activating group) is 2. The van der Waals surface area contributed by atoms with Crippen molar-refractivity contribution in [3.05, 3.63) is 0 Å². The second-order valence-electron chi connectivity index (χ2n) is 19.8. The first-order valence-electron chi connectivity index (χ1n) is 23.1. The average Bonchev–Trinajstić information content (AvgIpc) is 3.19. The van der Waals surface area contributed by atoms with E-state index in [1.165, 1.54) is 14.0 Å². The van der Waals surface area contributed by atoms with Crippen LogP contribution in [0.3, 0.4) is 0 Å². The SMILES string of the molecule is CCCN(CCO)CC(O)CN(C)C1C[C@@H](C)O[C@@H](O[C@@H]2[C@@H](C)[C@H](O[C@H]3C[C@@](C)(OC)[C@@H](O)[C@H](C)O3)[C@@H](C)C(=O)O[C@H](CC)[C@@](C)(O)[C@H](O)[C@@H](C)N(C)C[C@H](C)C[C@@]2(C)O)[C@@H]1O. The molecule has 0 aromatic rings. The van der Waals surface area contributed by atoms with Gasteiger partial charge >= 0.3 is 5.97 Å². The van der Waals surface area contributed by atoms with Crippen molar-refractivity contribution >= 4 is 5.97 Å². The lowest BCUT2D eigenvalue weighted by atomic mass is 9.77. The summed E-state index contributed by atoms with van der Waals surface area (Å²) in [5.41, 5.74) is -4.54. The first-order chi connectivity index (χ1) is 28.8. The van der Waals surface area contributed by atoms with Gasteiger partial charge < -0.3 is 69.1 Å². The van der Waals surface area contributed by atoms with Gasteiger partial charge in [0.15, 0.2) is 12.6 Å². The molecule has 3 fully saturated rings. The first kappa shape index (κ1) is 55.2. The molecule has 17 nitrogen and oxygen atoms in total.